The van der Waals surface area contributed by atoms with E-state index in [0.29, 0.717) is 12.8 Å². The fourth-order valence-electron chi connectivity index (χ4n) is 5.07. The number of carbonyl (C=O) groups is 4. The van der Waals surface area contributed by atoms with Crippen molar-refractivity contribution in [2.24, 2.45) is 5.92 Å². The third-order valence-corrected chi connectivity index (χ3v) is 5.90. The highest BCUT2D eigenvalue weighted by Gasteiger charge is 2.51. The van der Waals surface area contributed by atoms with E-state index in [1.54, 1.807) is 13.8 Å². The van der Waals surface area contributed by atoms with Crippen LogP contribution in [-0.4, -0.2) is 23.1 Å². The van der Waals surface area contributed by atoms with Crippen molar-refractivity contribution in [3.8, 4) is 0 Å². The van der Waals surface area contributed by atoms with Gasteiger partial charge in [-0.1, -0.05) is 13.0 Å². The predicted octanol–water partition coefficient (Wildman–Crippen LogP) is 3.22. The molecule has 132 valence electrons. The molecular weight excluding hydrogens is 316 g/mol. The molecule has 2 aliphatic rings. The first-order valence-electron chi connectivity index (χ1n) is 8.94. The van der Waals surface area contributed by atoms with Crippen LogP contribution in [0, 0.1) is 19.8 Å². The zero-order valence-electron chi connectivity index (χ0n) is 15.3. The molecule has 0 heterocycles. The maximum absolute atomic E-state index is 12.7. The Kier molecular flexibility index (Phi) is 4.26. The lowest BCUT2D eigenvalue weighted by molar-refractivity contribution is -0.144. The predicted molar refractivity (Wildman–Crippen MR) is 94.0 cm³/mol. The van der Waals surface area contributed by atoms with Crippen LogP contribution in [-0.2, 0) is 26.2 Å². The van der Waals surface area contributed by atoms with Crippen LogP contribution in [0.3, 0.4) is 0 Å². The molecule has 1 aromatic rings. The molecule has 1 fully saturated rings. The number of hydrogen-bond donors (Lipinski definition) is 0. The van der Waals surface area contributed by atoms with Crippen LogP contribution in [0.25, 0.3) is 0 Å². The Bertz CT molecular complexity index is 798. The average Bonchev–Trinajstić information content (AvgIpc) is 2.84. The molecule has 0 saturated heterocycles. The van der Waals surface area contributed by atoms with Crippen LogP contribution in [0.15, 0.2) is 6.07 Å². The number of carbonyl (C=O) groups excluding carboxylic acids is 4. The Morgan fingerprint density at radius 2 is 1.72 bits per heavy atom. The molecule has 0 amide bonds. The molecule has 0 aromatic heterocycles. The van der Waals surface area contributed by atoms with Gasteiger partial charge in [0.05, 0.1) is 0 Å². The van der Waals surface area contributed by atoms with E-state index in [4.69, 9.17) is 0 Å². The summed E-state index contributed by atoms with van der Waals surface area (Å²) in [6.07, 6.45) is 2.06. The second-order valence-corrected chi connectivity index (χ2v) is 7.61. The first-order valence-corrected chi connectivity index (χ1v) is 8.94. The van der Waals surface area contributed by atoms with Crippen LogP contribution >= 0.6 is 0 Å². The zero-order valence-corrected chi connectivity index (χ0v) is 15.3. The van der Waals surface area contributed by atoms with Crippen molar-refractivity contribution in [2.45, 2.75) is 65.2 Å². The lowest BCUT2D eigenvalue weighted by atomic mass is 9.64. The Labute approximate surface area is 148 Å². The SMILES string of the molecule is CCC(=O)C1C(=O)CC2(CCc3c(C(C)=O)c(C)cc(C)c32)CC1=O. The van der Waals surface area contributed by atoms with Gasteiger partial charge in [-0.3, -0.25) is 19.2 Å². The van der Waals surface area contributed by atoms with E-state index in [2.05, 4.69) is 0 Å². The molecule has 4 nitrogen and oxygen atoms in total. The normalized spacial score (nSPS) is 25.4. The second kappa shape index (κ2) is 6.01. The van der Waals surface area contributed by atoms with E-state index in [9.17, 15) is 19.2 Å². The van der Waals surface area contributed by atoms with Gasteiger partial charge in [0.2, 0.25) is 0 Å². The quantitative estimate of drug-likeness (QED) is 0.626. The van der Waals surface area contributed by atoms with Gasteiger partial charge in [-0.2, -0.15) is 0 Å². The van der Waals surface area contributed by atoms with E-state index >= 15 is 0 Å². The van der Waals surface area contributed by atoms with Gasteiger partial charge in [0.15, 0.2) is 23.1 Å². The van der Waals surface area contributed by atoms with Gasteiger partial charge in [0, 0.05) is 30.2 Å². The lowest BCUT2D eigenvalue weighted by Gasteiger charge is -2.36. The van der Waals surface area contributed by atoms with E-state index in [1.165, 1.54) is 0 Å². The number of hydrogen-bond acceptors (Lipinski definition) is 4. The molecule has 0 radical (unpaired) electrons. The highest BCUT2D eigenvalue weighted by Crippen LogP contribution is 2.50. The first-order chi connectivity index (χ1) is 11.7. The third kappa shape index (κ3) is 2.59. The Balaban J connectivity index is 2.11. The summed E-state index contributed by atoms with van der Waals surface area (Å²) in [5.74, 6) is -1.82. The summed E-state index contributed by atoms with van der Waals surface area (Å²) in [5.41, 5.74) is 4.21. The first kappa shape index (κ1) is 17.7. The van der Waals surface area contributed by atoms with Crippen molar-refractivity contribution in [1.29, 1.82) is 0 Å². The van der Waals surface area contributed by atoms with Gasteiger partial charge in [-0.05, 0) is 55.9 Å². The summed E-state index contributed by atoms with van der Waals surface area (Å²) in [5, 5.41) is 0. The summed E-state index contributed by atoms with van der Waals surface area (Å²) in [6, 6.07) is 1.99. The Morgan fingerprint density at radius 3 is 2.24 bits per heavy atom. The summed E-state index contributed by atoms with van der Waals surface area (Å²) in [7, 11) is 0. The monoisotopic (exact) mass is 340 g/mol. The van der Waals surface area contributed by atoms with Crippen LogP contribution in [0.2, 0.25) is 0 Å². The minimum absolute atomic E-state index is 0.0262. The van der Waals surface area contributed by atoms with E-state index < -0.39 is 11.3 Å². The topological polar surface area (TPSA) is 68.3 Å². The van der Waals surface area contributed by atoms with Crippen molar-refractivity contribution >= 4 is 23.1 Å². The van der Waals surface area contributed by atoms with E-state index in [0.717, 1.165) is 27.8 Å². The van der Waals surface area contributed by atoms with E-state index in [1.807, 2.05) is 19.9 Å². The van der Waals surface area contributed by atoms with Crippen LogP contribution in [0.4, 0.5) is 0 Å². The maximum atomic E-state index is 12.7. The average molecular weight is 340 g/mol. The van der Waals surface area contributed by atoms with Crippen LogP contribution < -0.4 is 0 Å². The highest BCUT2D eigenvalue weighted by atomic mass is 16.2. The highest BCUT2D eigenvalue weighted by molar-refractivity contribution is 6.21. The number of fused-ring (bicyclic) bond motifs is 2. The van der Waals surface area contributed by atoms with Gasteiger partial charge >= 0.3 is 0 Å². The number of rotatable bonds is 3. The van der Waals surface area contributed by atoms with Crippen molar-refractivity contribution in [1.82, 2.24) is 0 Å². The van der Waals surface area contributed by atoms with Crippen molar-refractivity contribution in [2.75, 3.05) is 0 Å². The molecule has 2 aliphatic carbocycles. The van der Waals surface area contributed by atoms with Crippen LogP contribution in [0.1, 0.15) is 72.1 Å². The van der Waals surface area contributed by atoms with Crippen molar-refractivity contribution in [3.05, 3.63) is 33.9 Å². The molecule has 3 rings (SSSR count). The van der Waals surface area contributed by atoms with Crippen molar-refractivity contribution in [3.63, 3.8) is 0 Å². The zero-order chi connectivity index (χ0) is 18.5. The molecule has 1 spiro atoms. The molecule has 0 aliphatic heterocycles. The number of ketones is 4. The van der Waals surface area contributed by atoms with E-state index in [-0.39, 0.29) is 42.4 Å². The molecular formula is C21H24O4. The maximum Gasteiger partial charge on any atom is 0.160 e. The standard InChI is InChI=1S/C21H24O4/c1-5-15(23)19-16(24)9-21(10-17(19)25)7-6-14-18(13(4)22)11(2)8-12(3)20(14)21/h8,19H,5-7,9-10H2,1-4H3. The van der Waals surface area contributed by atoms with Gasteiger partial charge in [-0.15, -0.1) is 0 Å². The molecule has 0 atom stereocenters. The smallest absolute Gasteiger partial charge is 0.160 e. The third-order valence-electron chi connectivity index (χ3n) is 5.90. The molecule has 0 bridgehead atoms. The minimum Gasteiger partial charge on any atom is -0.298 e. The Morgan fingerprint density at radius 1 is 1.12 bits per heavy atom. The number of benzene rings is 1. The molecule has 25 heavy (non-hydrogen) atoms. The summed E-state index contributed by atoms with van der Waals surface area (Å²) < 4.78 is 0. The molecule has 0 N–H and O–H groups in total. The number of aryl methyl sites for hydroxylation is 2. The summed E-state index contributed by atoms with van der Waals surface area (Å²) in [4.78, 5) is 49.5. The number of Topliss-reactive ketones (excluding diaryl/α,β-unsaturated/α-hetero) is 4. The molecule has 1 aromatic carbocycles. The van der Waals surface area contributed by atoms with Crippen LogP contribution in [0.5, 0.6) is 0 Å². The fourth-order valence-corrected chi connectivity index (χ4v) is 5.07. The molecule has 1 saturated carbocycles. The largest absolute Gasteiger partial charge is 0.298 e. The van der Waals surface area contributed by atoms with Gasteiger partial charge in [-0.25, -0.2) is 0 Å². The lowest BCUT2D eigenvalue weighted by Crippen LogP contribution is -2.45. The molecule has 0 unspecified atom stereocenters. The second-order valence-electron chi connectivity index (χ2n) is 7.61. The Hall–Kier alpha value is -2.10. The van der Waals surface area contributed by atoms with Gasteiger partial charge < -0.3 is 0 Å². The summed E-state index contributed by atoms with van der Waals surface area (Å²) in [6.45, 7) is 7.17. The minimum atomic E-state index is -1.07. The van der Waals surface area contributed by atoms with Gasteiger partial charge in [0.1, 0.15) is 5.92 Å². The van der Waals surface area contributed by atoms with Crippen molar-refractivity contribution < 1.29 is 19.2 Å². The fraction of sp³-hybridized carbons (Fsp3) is 0.524. The molecule has 4 heteroatoms. The summed E-state index contributed by atoms with van der Waals surface area (Å²) >= 11 is 0. The van der Waals surface area contributed by atoms with Gasteiger partial charge in [0.25, 0.3) is 0 Å².